The fraction of sp³-hybridized carbons (Fsp3) is 0.0909. The molecule has 0 saturated carbocycles. The van der Waals surface area contributed by atoms with E-state index in [1.165, 1.54) is 0 Å². The molecule has 0 amide bonds. The van der Waals surface area contributed by atoms with Gasteiger partial charge in [-0.3, -0.25) is 4.98 Å². The van der Waals surface area contributed by atoms with Crippen LogP contribution in [0.15, 0.2) is 35.1 Å². The fourth-order valence-electron chi connectivity index (χ4n) is 1.49. The zero-order chi connectivity index (χ0) is 12.4. The number of hydrogen-bond acceptors (Lipinski definition) is 7. The molecule has 0 aliphatic rings. The summed E-state index contributed by atoms with van der Waals surface area (Å²) in [7, 11) is 0. The standard InChI is InChI=1S/C11H9N5S2/c12-10-7-1-4-17-11(7)16-8(15-10)6-18-9-5-13-2-3-14-9/h1-5H,6H2,(H2,12,15,16). The minimum Gasteiger partial charge on any atom is -0.383 e. The van der Waals surface area contributed by atoms with E-state index in [1.807, 2.05) is 11.4 Å². The summed E-state index contributed by atoms with van der Waals surface area (Å²) < 4.78 is 0. The maximum atomic E-state index is 5.89. The molecule has 0 unspecified atom stereocenters. The summed E-state index contributed by atoms with van der Waals surface area (Å²) in [6.07, 6.45) is 5.04. The van der Waals surface area contributed by atoms with Crippen LogP contribution < -0.4 is 5.73 Å². The van der Waals surface area contributed by atoms with Gasteiger partial charge >= 0.3 is 0 Å². The van der Waals surface area contributed by atoms with Crippen molar-refractivity contribution in [1.29, 1.82) is 0 Å². The highest BCUT2D eigenvalue weighted by Gasteiger charge is 2.07. The molecule has 0 spiro atoms. The van der Waals surface area contributed by atoms with Crippen LogP contribution in [0.1, 0.15) is 5.82 Å². The highest BCUT2D eigenvalue weighted by molar-refractivity contribution is 7.98. The molecule has 2 N–H and O–H groups in total. The van der Waals surface area contributed by atoms with Gasteiger partial charge in [0.15, 0.2) is 0 Å². The number of hydrogen-bond donors (Lipinski definition) is 1. The number of thioether (sulfide) groups is 1. The lowest BCUT2D eigenvalue weighted by molar-refractivity contribution is 1.04. The Morgan fingerprint density at radius 3 is 3.06 bits per heavy atom. The number of rotatable bonds is 3. The van der Waals surface area contributed by atoms with Gasteiger partial charge in [0, 0.05) is 12.4 Å². The van der Waals surface area contributed by atoms with Crippen LogP contribution in [-0.2, 0) is 5.75 Å². The van der Waals surface area contributed by atoms with Crippen molar-refractivity contribution in [2.75, 3.05) is 5.73 Å². The summed E-state index contributed by atoms with van der Waals surface area (Å²) in [5.41, 5.74) is 5.89. The quantitative estimate of drug-likeness (QED) is 0.739. The molecule has 0 radical (unpaired) electrons. The number of nitrogen functional groups attached to an aromatic ring is 1. The van der Waals surface area contributed by atoms with Crippen LogP contribution in [0.4, 0.5) is 5.82 Å². The first-order valence-corrected chi connectivity index (χ1v) is 7.08. The van der Waals surface area contributed by atoms with Crippen molar-refractivity contribution in [1.82, 2.24) is 19.9 Å². The van der Waals surface area contributed by atoms with E-state index < -0.39 is 0 Å². The van der Waals surface area contributed by atoms with E-state index in [0.29, 0.717) is 11.6 Å². The molecule has 3 aromatic heterocycles. The Morgan fingerprint density at radius 2 is 2.22 bits per heavy atom. The Kier molecular flexibility index (Phi) is 3.07. The number of fused-ring (bicyclic) bond motifs is 1. The third-order valence-corrected chi connectivity index (χ3v) is 4.01. The Labute approximate surface area is 112 Å². The molecule has 0 aromatic carbocycles. The smallest absolute Gasteiger partial charge is 0.142 e. The number of anilines is 1. The van der Waals surface area contributed by atoms with Crippen LogP contribution in [0, 0.1) is 0 Å². The normalized spacial score (nSPS) is 10.9. The van der Waals surface area contributed by atoms with E-state index >= 15 is 0 Å². The Morgan fingerprint density at radius 1 is 1.28 bits per heavy atom. The predicted octanol–water partition coefficient (Wildman–Crippen LogP) is 2.36. The first-order chi connectivity index (χ1) is 8.83. The third kappa shape index (κ3) is 2.27. The topological polar surface area (TPSA) is 77.6 Å². The van der Waals surface area contributed by atoms with Crippen LogP contribution in [0.2, 0.25) is 0 Å². The maximum absolute atomic E-state index is 5.89. The summed E-state index contributed by atoms with van der Waals surface area (Å²) >= 11 is 3.11. The second-order valence-corrected chi connectivity index (χ2v) is 5.39. The van der Waals surface area contributed by atoms with Crippen molar-refractivity contribution in [3.8, 4) is 0 Å². The van der Waals surface area contributed by atoms with Gasteiger partial charge in [-0.2, -0.15) is 0 Å². The number of nitrogens with two attached hydrogens (primary N) is 1. The van der Waals surface area contributed by atoms with Gasteiger partial charge < -0.3 is 5.73 Å². The Balaban J connectivity index is 1.82. The average molecular weight is 275 g/mol. The van der Waals surface area contributed by atoms with Crippen LogP contribution in [0.5, 0.6) is 0 Å². The van der Waals surface area contributed by atoms with Crippen molar-refractivity contribution in [2.45, 2.75) is 10.8 Å². The largest absolute Gasteiger partial charge is 0.383 e. The van der Waals surface area contributed by atoms with E-state index in [9.17, 15) is 0 Å². The SMILES string of the molecule is Nc1nc(CSc2cnccn2)nc2sccc12. The Bertz CT molecular complexity index is 668. The van der Waals surface area contributed by atoms with Crippen molar-refractivity contribution in [3.63, 3.8) is 0 Å². The molecular formula is C11H9N5S2. The molecule has 18 heavy (non-hydrogen) atoms. The zero-order valence-corrected chi connectivity index (χ0v) is 10.9. The summed E-state index contributed by atoms with van der Waals surface area (Å²) in [4.78, 5) is 17.9. The van der Waals surface area contributed by atoms with Crippen molar-refractivity contribution < 1.29 is 0 Å². The zero-order valence-electron chi connectivity index (χ0n) is 9.28. The molecule has 3 heterocycles. The van der Waals surface area contributed by atoms with Gasteiger partial charge in [-0.05, 0) is 11.4 Å². The molecule has 0 atom stereocenters. The average Bonchev–Trinajstić information content (AvgIpc) is 2.86. The van der Waals surface area contributed by atoms with Gasteiger partial charge in [0.2, 0.25) is 0 Å². The Hall–Kier alpha value is -1.73. The lowest BCUT2D eigenvalue weighted by atomic mass is 10.4. The molecule has 7 heteroatoms. The highest BCUT2D eigenvalue weighted by atomic mass is 32.2. The van der Waals surface area contributed by atoms with Gasteiger partial charge in [-0.1, -0.05) is 11.8 Å². The van der Waals surface area contributed by atoms with Crippen molar-refractivity contribution >= 4 is 39.1 Å². The van der Waals surface area contributed by atoms with E-state index in [0.717, 1.165) is 21.1 Å². The predicted molar refractivity (Wildman–Crippen MR) is 73.4 cm³/mol. The molecule has 3 rings (SSSR count). The number of nitrogens with zero attached hydrogens (tertiary/aromatic N) is 4. The van der Waals surface area contributed by atoms with Gasteiger partial charge in [-0.25, -0.2) is 15.0 Å². The minimum absolute atomic E-state index is 0.538. The lowest BCUT2D eigenvalue weighted by Crippen LogP contribution is -1.98. The van der Waals surface area contributed by atoms with Crippen LogP contribution in [-0.4, -0.2) is 19.9 Å². The van der Waals surface area contributed by atoms with Gasteiger partial charge in [0.05, 0.1) is 17.3 Å². The highest BCUT2D eigenvalue weighted by Crippen LogP contribution is 2.25. The lowest BCUT2D eigenvalue weighted by Gasteiger charge is -2.01. The molecule has 3 aromatic rings. The summed E-state index contributed by atoms with van der Waals surface area (Å²) in [6, 6.07) is 1.94. The first kappa shape index (κ1) is 11.4. The summed E-state index contributed by atoms with van der Waals surface area (Å²) in [5, 5.41) is 3.74. The van der Waals surface area contributed by atoms with E-state index in [4.69, 9.17) is 5.73 Å². The van der Waals surface area contributed by atoms with Crippen LogP contribution in [0.25, 0.3) is 10.2 Å². The van der Waals surface area contributed by atoms with Crippen LogP contribution in [0.3, 0.4) is 0 Å². The van der Waals surface area contributed by atoms with Crippen molar-refractivity contribution in [2.24, 2.45) is 0 Å². The molecular weight excluding hydrogens is 266 g/mol. The monoisotopic (exact) mass is 275 g/mol. The van der Waals surface area contributed by atoms with E-state index in [-0.39, 0.29) is 0 Å². The molecule has 0 saturated heterocycles. The number of aromatic nitrogens is 4. The third-order valence-electron chi connectivity index (χ3n) is 2.29. The first-order valence-electron chi connectivity index (χ1n) is 5.21. The molecule has 0 fully saturated rings. The minimum atomic E-state index is 0.538. The van der Waals surface area contributed by atoms with Crippen molar-refractivity contribution in [3.05, 3.63) is 35.9 Å². The van der Waals surface area contributed by atoms with Gasteiger partial charge in [-0.15, -0.1) is 11.3 Å². The molecule has 5 nitrogen and oxygen atoms in total. The molecule has 90 valence electrons. The molecule has 0 bridgehead atoms. The molecule has 0 aliphatic carbocycles. The molecule has 0 aliphatic heterocycles. The van der Waals surface area contributed by atoms with E-state index in [2.05, 4.69) is 19.9 Å². The van der Waals surface area contributed by atoms with E-state index in [1.54, 1.807) is 41.7 Å². The van der Waals surface area contributed by atoms with Gasteiger partial charge in [0.25, 0.3) is 0 Å². The maximum Gasteiger partial charge on any atom is 0.142 e. The van der Waals surface area contributed by atoms with Crippen LogP contribution >= 0.6 is 23.1 Å². The van der Waals surface area contributed by atoms with Gasteiger partial charge in [0.1, 0.15) is 21.5 Å². The second kappa shape index (κ2) is 4.87. The summed E-state index contributed by atoms with van der Waals surface area (Å²) in [6.45, 7) is 0. The number of thiophene rings is 1. The second-order valence-electron chi connectivity index (χ2n) is 3.50. The summed E-state index contributed by atoms with van der Waals surface area (Å²) in [5.74, 6) is 1.89. The fourth-order valence-corrected chi connectivity index (χ4v) is 2.95.